The molecule has 9 heteroatoms. The van der Waals surface area contributed by atoms with Crippen LogP contribution in [0.15, 0.2) is 66.2 Å². The summed E-state index contributed by atoms with van der Waals surface area (Å²) in [6, 6.07) is 17.5. The molecule has 0 aromatic heterocycles. The third-order valence-electron chi connectivity index (χ3n) is 5.12. The highest BCUT2D eigenvalue weighted by atomic mass is 127. The predicted molar refractivity (Wildman–Crippen MR) is 140 cm³/mol. The maximum absolute atomic E-state index is 13.3. The summed E-state index contributed by atoms with van der Waals surface area (Å²) in [6.07, 6.45) is -3.36. The number of ether oxygens (including phenoxy) is 2. The van der Waals surface area contributed by atoms with Gasteiger partial charge in [-0.3, -0.25) is 4.79 Å². The van der Waals surface area contributed by atoms with Crippen LogP contribution in [0.4, 0.5) is 18.9 Å². The van der Waals surface area contributed by atoms with E-state index in [1.54, 1.807) is 18.2 Å². The van der Waals surface area contributed by atoms with Crippen LogP contribution in [0.2, 0.25) is 0 Å². The number of carbonyl (C=O) groups is 1. The second kappa shape index (κ2) is 11.9. The molecule has 36 heavy (non-hydrogen) atoms. The van der Waals surface area contributed by atoms with Crippen LogP contribution in [-0.2, 0) is 17.6 Å². The summed E-state index contributed by atoms with van der Waals surface area (Å²) < 4.78 is 52.2. The van der Waals surface area contributed by atoms with Crippen molar-refractivity contribution < 1.29 is 27.4 Å². The molecule has 3 rings (SSSR count). The van der Waals surface area contributed by atoms with E-state index in [9.17, 15) is 23.2 Å². The summed E-state index contributed by atoms with van der Waals surface area (Å²) in [4.78, 5) is 12.7. The first-order valence-electron chi connectivity index (χ1n) is 10.9. The molecule has 1 amide bonds. The number of halogens is 4. The smallest absolute Gasteiger partial charge is 0.418 e. The number of anilines is 1. The van der Waals surface area contributed by atoms with Gasteiger partial charge in [0.1, 0.15) is 18.2 Å². The van der Waals surface area contributed by atoms with E-state index in [2.05, 4.69) is 27.9 Å². The van der Waals surface area contributed by atoms with Crippen molar-refractivity contribution in [2.24, 2.45) is 0 Å². The van der Waals surface area contributed by atoms with Crippen molar-refractivity contribution in [3.8, 4) is 17.6 Å². The monoisotopic (exact) mass is 606 g/mol. The van der Waals surface area contributed by atoms with E-state index in [0.29, 0.717) is 33.8 Å². The molecular formula is C27H22F3IN2O3. The average molecular weight is 606 g/mol. The first-order valence-corrected chi connectivity index (χ1v) is 11.9. The van der Waals surface area contributed by atoms with Gasteiger partial charge >= 0.3 is 6.18 Å². The quantitative estimate of drug-likeness (QED) is 0.168. The Morgan fingerprint density at radius 3 is 2.47 bits per heavy atom. The van der Waals surface area contributed by atoms with Gasteiger partial charge in [0.25, 0.3) is 5.91 Å². The van der Waals surface area contributed by atoms with Crippen LogP contribution in [-0.4, -0.2) is 12.5 Å². The van der Waals surface area contributed by atoms with Crippen LogP contribution in [0, 0.1) is 21.8 Å². The van der Waals surface area contributed by atoms with Gasteiger partial charge in [0.05, 0.1) is 21.4 Å². The number of benzene rings is 3. The van der Waals surface area contributed by atoms with Crippen LogP contribution in [0.3, 0.4) is 0 Å². The van der Waals surface area contributed by atoms with Crippen LogP contribution in [0.1, 0.15) is 29.2 Å². The molecular weight excluding hydrogens is 584 g/mol. The van der Waals surface area contributed by atoms with E-state index < -0.39 is 23.3 Å². The average Bonchev–Trinajstić information content (AvgIpc) is 2.83. The molecule has 0 spiro atoms. The minimum absolute atomic E-state index is 0.322. The van der Waals surface area contributed by atoms with Gasteiger partial charge in [-0.2, -0.15) is 18.4 Å². The Labute approximate surface area is 220 Å². The van der Waals surface area contributed by atoms with Gasteiger partial charge in [0.2, 0.25) is 0 Å². The lowest BCUT2D eigenvalue weighted by molar-refractivity contribution is -0.137. The zero-order valence-electron chi connectivity index (χ0n) is 19.4. The number of nitriles is 1. The van der Waals surface area contributed by atoms with Gasteiger partial charge in [0.15, 0.2) is 11.5 Å². The van der Waals surface area contributed by atoms with Gasteiger partial charge < -0.3 is 14.8 Å². The van der Waals surface area contributed by atoms with Gasteiger partial charge in [-0.1, -0.05) is 36.4 Å². The standard InChI is InChI=1S/C27H22F3IN2O3/c1-3-35-24-14-18(13-22(31)25(24)36-16-19-9-5-4-8-17(19)2)12-20(15-32)26(34)33-23-11-7-6-10-21(23)27(28,29)30/h4-14H,3,16H2,1-2H3,(H,33,34)/b20-12+. The highest BCUT2D eigenvalue weighted by Crippen LogP contribution is 2.37. The summed E-state index contributed by atoms with van der Waals surface area (Å²) in [5, 5.41) is 11.7. The maximum Gasteiger partial charge on any atom is 0.418 e. The first kappa shape index (κ1) is 27.1. The number of aryl methyl sites for hydroxylation is 1. The summed E-state index contributed by atoms with van der Waals surface area (Å²) in [7, 11) is 0. The summed E-state index contributed by atoms with van der Waals surface area (Å²) in [6.45, 7) is 4.47. The molecule has 0 radical (unpaired) electrons. The molecule has 3 aromatic carbocycles. The van der Waals surface area contributed by atoms with Crippen LogP contribution in [0.5, 0.6) is 11.5 Å². The number of alkyl halides is 3. The Morgan fingerprint density at radius 2 is 1.81 bits per heavy atom. The van der Waals surface area contributed by atoms with Crippen molar-refractivity contribution in [2.75, 3.05) is 11.9 Å². The van der Waals surface area contributed by atoms with E-state index in [1.807, 2.05) is 38.1 Å². The normalized spacial score (nSPS) is 11.5. The fourth-order valence-electron chi connectivity index (χ4n) is 3.34. The van der Waals surface area contributed by atoms with Crippen molar-refractivity contribution >= 4 is 40.3 Å². The molecule has 0 atom stereocenters. The van der Waals surface area contributed by atoms with Crippen molar-refractivity contribution in [1.29, 1.82) is 5.26 Å². The Morgan fingerprint density at radius 1 is 1.11 bits per heavy atom. The summed E-state index contributed by atoms with van der Waals surface area (Å²) in [5.41, 5.74) is 0.768. The lowest BCUT2D eigenvalue weighted by atomic mass is 10.1. The minimum atomic E-state index is -4.66. The van der Waals surface area contributed by atoms with Crippen molar-refractivity contribution in [3.63, 3.8) is 0 Å². The number of nitrogens with zero attached hydrogens (tertiary/aromatic N) is 1. The highest BCUT2D eigenvalue weighted by Gasteiger charge is 2.33. The van der Waals surface area contributed by atoms with Crippen LogP contribution in [0.25, 0.3) is 6.08 Å². The molecule has 0 aliphatic rings. The lowest BCUT2D eigenvalue weighted by Gasteiger charge is -2.16. The van der Waals surface area contributed by atoms with E-state index >= 15 is 0 Å². The third kappa shape index (κ3) is 6.79. The zero-order valence-corrected chi connectivity index (χ0v) is 21.6. The highest BCUT2D eigenvalue weighted by molar-refractivity contribution is 14.1. The molecule has 0 aliphatic carbocycles. The Bertz CT molecular complexity index is 1330. The molecule has 0 heterocycles. The van der Waals surface area contributed by atoms with Crippen molar-refractivity contribution in [2.45, 2.75) is 26.6 Å². The van der Waals surface area contributed by atoms with Crippen molar-refractivity contribution in [3.05, 3.63) is 92.1 Å². The maximum atomic E-state index is 13.3. The molecule has 5 nitrogen and oxygen atoms in total. The molecule has 0 aliphatic heterocycles. The number of hydrogen-bond acceptors (Lipinski definition) is 4. The van der Waals surface area contributed by atoms with Gasteiger partial charge in [-0.25, -0.2) is 0 Å². The van der Waals surface area contributed by atoms with E-state index in [0.717, 1.165) is 23.3 Å². The second-order valence-electron chi connectivity index (χ2n) is 7.65. The fourth-order valence-corrected chi connectivity index (χ4v) is 4.12. The number of carbonyl (C=O) groups excluding carboxylic acids is 1. The fraction of sp³-hybridized carbons (Fsp3) is 0.185. The van der Waals surface area contributed by atoms with E-state index in [1.165, 1.54) is 18.2 Å². The predicted octanol–water partition coefficient (Wildman–Crippen LogP) is 7.14. The van der Waals surface area contributed by atoms with Crippen LogP contribution < -0.4 is 14.8 Å². The number of hydrogen-bond donors (Lipinski definition) is 1. The summed E-state index contributed by atoms with van der Waals surface area (Å²) in [5.74, 6) is -0.0219. The lowest BCUT2D eigenvalue weighted by Crippen LogP contribution is -2.17. The van der Waals surface area contributed by atoms with E-state index in [-0.39, 0.29) is 5.57 Å². The van der Waals surface area contributed by atoms with Crippen LogP contribution >= 0.6 is 22.6 Å². The summed E-state index contributed by atoms with van der Waals surface area (Å²) >= 11 is 2.07. The molecule has 0 bridgehead atoms. The Hall–Kier alpha value is -3.52. The zero-order chi connectivity index (χ0) is 26.3. The van der Waals surface area contributed by atoms with Crippen molar-refractivity contribution in [1.82, 2.24) is 0 Å². The van der Waals surface area contributed by atoms with Gasteiger partial charge in [0, 0.05) is 0 Å². The number of para-hydroxylation sites is 1. The number of nitrogens with one attached hydrogen (secondary N) is 1. The topological polar surface area (TPSA) is 71.3 Å². The van der Waals surface area contributed by atoms with E-state index in [4.69, 9.17) is 9.47 Å². The third-order valence-corrected chi connectivity index (χ3v) is 5.92. The molecule has 0 unspecified atom stereocenters. The number of amides is 1. The SMILES string of the molecule is CCOc1cc(/C=C(\C#N)C(=O)Nc2ccccc2C(F)(F)F)cc(I)c1OCc1ccccc1C. The number of rotatable bonds is 8. The van der Waals surface area contributed by atoms with Gasteiger partial charge in [-0.15, -0.1) is 0 Å². The molecule has 1 N–H and O–H groups in total. The molecule has 3 aromatic rings. The molecule has 0 saturated heterocycles. The minimum Gasteiger partial charge on any atom is -0.490 e. The first-order chi connectivity index (χ1) is 17.1. The molecule has 0 saturated carbocycles. The second-order valence-corrected chi connectivity index (χ2v) is 8.81. The largest absolute Gasteiger partial charge is 0.490 e. The molecule has 0 fully saturated rings. The Balaban J connectivity index is 1.89. The van der Waals surface area contributed by atoms with Gasteiger partial charge in [-0.05, 0) is 83.5 Å². The molecule has 186 valence electrons. The Kier molecular flexibility index (Phi) is 8.98.